The van der Waals surface area contributed by atoms with Crippen LogP contribution in [-0.2, 0) is 12.8 Å². The Hall–Kier alpha value is -3.84. The number of benzene rings is 4. The van der Waals surface area contributed by atoms with Crippen LogP contribution in [0.15, 0.2) is 91.1 Å². The van der Waals surface area contributed by atoms with Gasteiger partial charge in [0.25, 0.3) is 0 Å². The molecule has 0 bridgehead atoms. The summed E-state index contributed by atoms with van der Waals surface area (Å²) >= 11 is 0. The third-order valence-corrected chi connectivity index (χ3v) is 7.45. The number of hydrogen-bond donors (Lipinski definition) is 0. The SMILES string of the molecule is c1ccc2c(c1)Cc1cc3c(cc1-2)Cc1c-3ccc2c1c1ccccc1n1cccc21. The van der Waals surface area contributed by atoms with Crippen LogP contribution < -0.4 is 0 Å². The molecule has 8 rings (SSSR count). The van der Waals surface area contributed by atoms with Crippen LogP contribution in [0.4, 0.5) is 0 Å². The molecule has 0 amide bonds. The van der Waals surface area contributed by atoms with Crippen LogP contribution in [0.2, 0.25) is 0 Å². The van der Waals surface area contributed by atoms with Crippen molar-refractivity contribution >= 4 is 27.2 Å². The molecule has 1 nitrogen and oxygen atoms in total. The molecule has 144 valence electrons. The fraction of sp³-hybridized carbons (Fsp3) is 0.0667. The molecule has 0 saturated heterocycles. The number of fused-ring (bicyclic) bond motifs is 13. The normalized spacial score (nSPS) is 13.5. The lowest BCUT2D eigenvalue weighted by molar-refractivity contribution is 1.24. The highest BCUT2D eigenvalue weighted by molar-refractivity contribution is 6.16. The van der Waals surface area contributed by atoms with Gasteiger partial charge in [0.05, 0.1) is 11.0 Å². The van der Waals surface area contributed by atoms with Gasteiger partial charge in [-0.15, -0.1) is 0 Å². The molecule has 0 aliphatic heterocycles. The predicted octanol–water partition coefficient (Wildman–Crippen LogP) is 7.39. The van der Waals surface area contributed by atoms with Crippen LogP contribution in [0, 0.1) is 0 Å². The Morgan fingerprint density at radius 3 is 2.16 bits per heavy atom. The van der Waals surface area contributed by atoms with Gasteiger partial charge in [0.15, 0.2) is 0 Å². The molecule has 0 radical (unpaired) electrons. The van der Waals surface area contributed by atoms with Crippen LogP contribution in [0.1, 0.15) is 22.3 Å². The van der Waals surface area contributed by atoms with Crippen molar-refractivity contribution in [3.8, 4) is 22.3 Å². The second-order valence-corrected chi connectivity index (χ2v) is 8.97. The summed E-state index contributed by atoms with van der Waals surface area (Å²) in [6.07, 6.45) is 4.24. The zero-order valence-corrected chi connectivity index (χ0v) is 17.0. The summed E-state index contributed by atoms with van der Waals surface area (Å²) in [4.78, 5) is 0. The van der Waals surface area contributed by atoms with E-state index < -0.39 is 0 Å². The smallest absolute Gasteiger partial charge is 0.0535 e. The van der Waals surface area contributed by atoms with Crippen LogP contribution in [0.25, 0.3) is 49.4 Å². The minimum atomic E-state index is 1.01. The standard InChI is InChI=1S/C30H19N/c1-2-7-21-18(6-1)14-19-15-26-20(16-25(19)21)17-27-22(26)11-12-24-29-10-5-13-31(29)28-9-4-3-8-23(28)30(24)27/h1-13,15-16H,14,17H2. The third kappa shape index (κ3) is 1.92. The lowest BCUT2D eigenvalue weighted by Gasteiger charge is -2.13. The summed E-state index contributed by atoms with van der Waals surface area (Å²) in [6.45, 7) is 0. The molecule has 0 fully saturated rings. The summed E-state index contributed by atoms with van der Waals surface area (Å²) < 4.78 is 2.33. The quantitative estimate of drug-likeness (QED) is 0.237. The number of pyridine rings is 1. The van der Waals surface area contributed by atoms with Gasteiger partial charge >= 0.3 is 0 Å². The number of para-hydroxylation sites is 1. The van der Waals surface area contributed by atoms with Crippen molar-refractivity contribution in [3.05, 3.63) is 113 Å². The van der Waals surface area contributed by atoms with Gasteiger partial charge in [-0.1, -0.05) is 54.6 Å². The molecule has 0 spiro atoms. The van der Waals surface area contributed by atoms with E-state index in [0.717, 1.165) is 12.8 Å². The Bertz CT molecular complexity index is 1730. The van der Waals surface area contributed by atoms with Gasteiger partial charge in [0.1, 0.15) is 0 Å². The summed E-state index contributed by atoms with van der Waals surface area (Å²) in [5, 5.41) is 4.13. The number of rotatable bonds is 0. The van der Waals surface area contributed by atoms with E-state index in [0.29, 0.717) is 0 Å². The first-order valence-corrected chi connectivity index (χ1v) is 11.0. The van der Waals surface area contributed by atoms with Gasteiger partial charge in [0.2, 0.25) is 0 Å². The first-order valence-electron chi connectivity index (χ1n) is 11.0. The highest BCUT2D eigenvalue weighted by atomic mass is 14.9. The monoisotopic (exact) mass is 393 g/mol. The molecular weight excluding hydrogens is 374 g/mol. The van der Waals surface area contributed by atoms with E-state index in [4.69, 9.17) is 0 Å². The van der Waals surface area contributed by atoms with Crippen molar-refractivity contribution in [2.24, 2.45) is 0 Å². The van der Waals surface area contributed by atoms with E-state index in [9.17, 15) is 0 Å². The topological polar surface area (TPSA) is 4.41 Å². The minimum absolute atomic E-state index is 1.01. The van der Waals surface area contributed by atoms with Crippen LogP contribution in [0.3, 0.4) is 0 Å². The molecule has 2 aromatic heterocycles. The molecule has 1 heteroatoms. The van der Waals surface area contributed by atoms with Crippen LogP contribution in [-0.4, -0.2) is 4.40 Å². The van der Waals surface area contributed by atoms with Gasteiger partial charge in [-0.3, -0.25) is 0 Å². The van der Waals surface area contributed by atoms with Crippen molar-refractivity contribution in [1.29, 1.82) is 0 Å². The average Bonchev–Trinajstić information content (AvgIpc) is 3.52. The van der Waals surface area contributed by atoms with Gasteiger partial charge in [-0.2, -0.15) is 0 Å². The Balaban J connectivity index is 1.45. The van der Waals surface area contributed by atoms with E-state index in [-0.39, 0.29) is 0 Å². The maximum atomic E-state index is 2.47. The molecule has 0 saturated carbocycles. The molecule has 31 heavy (non-hydrogen) atoms. The summed E-state index contributed by atoms with van der Waals surface area (Å²) in [6, 6.07) is 31.8. The fourth-order valence-electron chi connectivity index (χ4n) is 6.13. The van der Waals surface area contributed by atoms with E-state index in [1.54, 1.807) is 0 Å². The molecule has 0 N–H and O–H groups in total. The van der Waals surface area contributed by atoms with E-state index in [1.165, 1.54) is 71.7 Å². The molecule has 2 heterocycles. The Kier molecular flexibility index (Phi) is 2.80. The van der Waals surface area contributed by atoms with Crippen LogP contribution in [0.5, 0.6) is 0 Å². The lowest BCUT2D eigenvalue weighted by atomic mass is 9.95. The summed E-state index contributed by atoms with van der Waals surface area (Å²) in [7, 11) is 0. The number of nitrogens with zero attached hydrogens (tertiary/aromatic N) is 1. The summed E-state index contributed by atoms with van der Waals surface area (Å²) in [5.41, 5.74) is 14.2. The number of aromatic nitrogens is 1. The molecular formula is C30H19N. The van der Waals surface area contributed by atoms with E-state index in [2.05, 4.69) is 95.5 Å². The molecule has 0 atom stereocenters. The molecule has 6 aromatic rings. The Morgan fingerprint density at radius 1 is 0.516 bits per heavy atom. The average molecular weight is 393 g/mol. The number of hydrogen-bond acceptors (Lipinski definition) is 0. The first-order chi connectivity index (χ1) is 15.4. The Morgan fingerprint density at radius 2 is 1.23 bits per heavy atom. The van der Waals surface area contributed by atoms with Crippen molar-refractivity contribution in [2.45, 2.75) is 12.8 Å². The maximum Gasteiger partial charge on any atom is 0.0535 e. The van der Waals surface area contributed by atoms with Gasteiger partial charge in [-0.05, 0) is 93.1 Å². The third-order valence-electron chi connectivity index (χ3n) is 7.45. The second kappa shape index (κ2) is 5.44. The van der Waals surface area contributed by atoms with Crippen molar-refractivity contribution in [1.82, 2.24) is 4.40 Å². The molecule has 2 aliphatic carbocycles. The zero-order valence-electron chi connectivity index (χ0n) is 17.0. The van der Waals surface area contributed by atoms with E-state index >= 15 is 0 Å². The van der Waals surface area contributed by atoms with E-state index in [1.807, 2.05) is 0 Å². The highest BCUT2D eigenvalue weighted by Gasteiger charge is 2.27. The molecule has 0 unspecified atom stereocenters. The van der Waals surface area contributed by atoms with Crippen molar-refractivity contribution in [2.75, 3.05) is 0 Å². The molecule has 2 aliphatic rings. The summed E-state index contributed by atoms with van der Waals surface area (Å²) in [5.74, 6) is 0. The van der Waals surface area contributed by atoms with Gasteiger partial charge in [0, 0.05) is 17.0 Å². The Labute approximate surface area is 180 Å². The minimum Gasteiger partial charge on any atom is -0.316 e. The fourth-order valence-corrected chi connectivity index (χ4v) is 6.13. The van der Waals surface area contributed by atoms with Crippen LogP contribution >= 0.6 is 0 Å². The highest BCUT2D eigenvalue weighted by Crippen LogP contribution is 2.47. The van der Waals surface area contributed by atoms with Crippen molar-refractivity contribution < 1.29 is 0 Å². The van der Waals surface area contributed by atoms with Gasteiger partial charge < -0.3 is 4.40 Å². The van der Waals surface area contributed by atoms with Crippen molar-refractivity contribution in [3.63, 3.8) is 0 Å². The first kappa shape index (κ1) is 15.9. The molecule has 4 aromatic carbocycles. The predicted molar refractivity (Wildman–Crippen MR) is 129 cm³/mol. The van der Waals surface area contributed by atoms with Gasteiger partial charge in [-0.25, -0.2) is 0 Å². The lowest BCUT2D eigenvalue weighted by Crippen LogP contribution is -1.92. The zero-order chi connectivity index (χ0) is 20.1. The second-order valence-electron chi connectivity index (χ2n) is 8.97. The largest absolute Gasteiger partial charge is 0.316 e. The maximum absolute atomic E-state index is 2.47.